The average molecular weight is 415 g/mol. The van der Waals surface area contributed by atoms with Gasteiger partial charge in [0.05, 0.1) is 16.3 Å². The van der Waals surface area contributed by atoms with Gasteiger partial charge in [0.1, 0.15) is 0 Å². The number of carbonyl (C=O) groups is 1. The van der Waals surface area contributed by atoms with Crippen LogP contribution in [0, 0.1) is 5.92 Å². The first kappa shape index (κ1) is 19.4. The molecule has 29 heavy (non-hydrogen) atoms. The molecule has 1 aliphatic heterocycles. The SMILES string of the molecule is O=C(NCc1ccccc1)[C@H]1CCCN(S(=O)(=O)c2ccc3[nH]c(=O)oc3c2)C1. The Balaban J connectivity index is 1.47. The van der Waals surface area contributed by atoms with Crippen LogP contribution in [0.1, 0.15) is 18.4 Å². The van der Waals surface area contributed by atoms with Gasteiger partial charge < -0.3 is 9.73 Å². The van der Waals surface area contributed by atoms with Crippen molar-refractivity contribution in [2.24, 2.45) is 5.92 Å². The molecule has 0 spiro atoms. The first-order chi connectivity index (χ1) is 13.9. The molecule has 1 saturated heterocycles. The number of aromatic amines is 1. The fourth-order valence-electron chi connectivity index (χ4n) is 3.54. The van der Waals surface area contributed by atoms with Gasteiger partial charge in [0.2, 0.25) is 15.9 Å². The molecule has 1 fully saturated rings. The lowest BCUT2D eigenvalue weighted by Crippen LogP contribution is -2.45. The highest BCUT2D eigenvalue weighted by atomic mass is 32.2. The predicted molar refractivity (Wildman–Crippen MR) is 107 cm³/mol. The van der Waals surface area contributed by atoms with Gasteiger partial charge in [0.15, 0.2) is 5.58 Å². The molecular weight excluding hydrogens is 394 g/mol. The third kappa shape index (κ3) is 4.10. The number of aromatic nitrogens is 1. The highest BCUT2D eigenvalue weighted by Crippen LogP contribution is 2.25. The Hall–Kier alpha value is -2.91. The maximum Gasteiger partial charge on any atom is 0.417 e. The summed E-state index contributed by atoms with van der Waals surface area (Å²) in [4.78, 5) is 26.4. The zero-order valence-electron chi connectivity index (χ0n) is 15.6. The van der Waals surface area contributed by atoms with E-state index in [0.717, 1.165) is 5.56 Å². The molecule has 0 aliphatic carbocycles. The number of hydrogen-bond acceptors (Lipinski definition) is 5. The van der Waals surface area contributed by atoms with Crippen molar-refractivity contribution in [3.05, 3.63) is 64.6 Å². The monoisotopic (exact) mass is 415 g/mol. The molecule has 3 aromatic rings. The number of benzene rings is 2. The summed E-state index contributed by atoms with van der Waals surface area (Å²) in [7, 11) is -3.80. The number of oxazole rings is 1. The van der Waals surface area contributed by atoms with E-state index in [1.54, 1.807) is 0 Å². The maximum absolute atomic E-state index is 13.0. The third-order valence-corrected chi connectivity index (χ3v) is 6.96. The van der Waals surface area contributed by atoms with Crippen molar-refractivity contribution in [3.63, 3.8) is 0 Å². The second kappa shape index (κ2) is 7.84. The van der Waals surface area contributed by atoms with Crippen LogP contribution < -0.4 is 11.1 Å². The molecule has 0 unspecified atom stereocenters. The lowest BCUT2D eigenvalue weighted by Gasteiger charge is -2.31. The molecule has 0 saturated carbocycles. The van der Waals surface area contributed by atoms with Gasteiger partial charge in [-0.05, 0) is 30.5 Å². The van der Waals surface area contributed by atoms with Gasteiger partial charge in [-0.15, -0.1) is 0 Å². The van der Waals surface area contributed by atoms with Crippen molar-refractivity contribution in [2.45, 2.75) is 24.3 Å². The molecule has 1 aliphatic rings. The summed E-state index contributed by atoms with van der Waals surface area (Å²) in [6, 6.07) is 13.8. The Morgan fingerprint density at radius 2 is 2.00 bits per heavy atom. The molecule has 2 heterocycles. The normalized spacial score (nSPS) is 18.0. The fraction of sp³-hybridized carbons (Fsp3) is 0.300. The molecule has 4 rings (SSSR count). The zero-order valence-corrected chi connectivity index (χ0v) is 16.4. The van der Waals surface area contributed by atoms with Gasteiger partial charge in [-0.25, -0.2) is 13.2 Å². The fourth-order valence-corrected chi connectivity index (χ4v) is 5.08. The minimum atomic E-state index is -3.80. The van der Waals surface area contributed by atoms with Gasteiger partial charge in [-0.1, -0.05) is 30.3 Å². The van der Waals surface area contributed by atoms with Crippen LogP contribution in [0.2, 0.25) is 0 Å². The van der Waals surface area contributed by atoms with Crippen LogP contribution >= 0.6 is 0 Å². The lowest BCUT2D eigenvalue weighted by molar-refractivity contribution is -0.126. The molecular formula is C20H21N3O5S. The van der Waals surface area contributed by atoms with Gasteiger partial charge in [0, 0.05) is 25.7 Å². The molecule has 152 valence electrons. The van der Waals surface area contributed by atoms with Crippen LogP contribution in [-0.2, 0) is 21.4 Å². The Labute approximate surface area is 167 Å². The first-order valence-electron chi connectivity index (χ1n) is 9.38. The maximum atomic E-state index is 13.0. The average Bonchev–Trinajstić information content (AvgIpc) is 3.12. The number of H-pyrrole nitrogens is 1. The van der Waals surface area contributed by atoms with Crippen LogP contribution in [0.4, 0.5) is 0 Å². The van der Waals surface area contributed by atoms with E-state index in [-0.39, 0.29) is 22.9 Å². The van der Waals surface area contributed by atoms with Gasteiger partial charge >= 0.3 is 5.76 Å². The number of nitrogens with zero attached hydrogens (tertiary/aromatic N) is 1. The van der Waals surface area contributed by atoms with E-state index >= 15 is 0 Å². The Morgan fingerprint density at radius 3 is 2.79 bits per heavy atom. The summed E-state index contributed by atoms with van der Waals surface area (Å²) in [5.41, 5.74) is 1.61. The van der Waals surface area contributed by atoms with Crippen molar-refractivity contribution in [2.75, 3.05) is 13.1 Å². The number of nitrogens with one attached hydrogen (secondary N) is 2. The summed E-state index contributed by atoms with van der Waals surface area (Å²) in [5.74, 6) is -1.19. The summed E-state index contributed by atoms with van der Waals surface area (Å²) >= 11 is 0. The summed E-state index contributed by atoms with van der Waals surface area (Å²) in [6.07, 6.45) is 1.24. The topological polar surface area (TPSA) is 112 Å². The standard InChI is InChI=1S/C20H21N3O5S/c24-19(21-12-14-5-2-1-3-6-14)15-7-4-10-23(13-15)29(26,27)16-8-9-17-18(11-16)28-20(25)22-17/h1-3,5-6,8-9,11,15H,4,7,10,12-13H2,(H,21,24)(H,22,25)/t15-/m0/s1. The number of hydrogen-bond donors (Lipinski definition) is 2. The van der Waals surface area contributed by atoms with E-state index in [9.17, 15) is 18.0 Å². The Bertz CT molecular complexity index is 1180. The molecule has 0 bridgehead atoms. The summed E-state index contributed by atoms with van der Waals surface area (Å²) in [5, 5.41) is 2.89. The largest absolute Gasteiger partial charge is 0.417 e. The van der Waals surface area contributed by atoms with Gasteiger partial charge in [0.25, 0.3) is 0 Å². The van der Waals surface area contributed by atoms with Crippen molar-refractivity contribution in [3.8, 4) is 0 Å². The highest BCUT2D eigenvalue weighted by Gasteiger charge is 2.33. The second-order valence-corrected chi connectivity index (χ2v) is 9.02. The molecule has 2 aromatic carbocycles. The van der Waals surface area contributed by atoms with Crippen LogP contribution in [-0.4, -0.2) is 36.7 Å². The second-order valence-electron chi connectivity index (χ2n) is 7.08. The molecule has 2 N–H and O–H groups in total. The molecule has 1 aromatic heterocycles. The van der Waals surface area contributed by atoms with E-state index in [1.165, 1.54) is 22.5 Å². The van der Waals surface area contributed by atoms with Crippen molar-refractivity contribution in [1.29, 1.82) is 0 Å². The smallest absolute Gasteiger partial charge is 0.408 e. The lowest BCUT2D eigenvalue weighted by atomic mass is 9.99. The summed E-state index contributed by atoms with van der Waals surface area (Å²) in [6.45, 7) is 0.879. The van der Waals surface area contributed by atoms with Crippen molar-refractivity contribution < 1.29 is 17.6 Å². The first-order valence-corrected chi connectivity index (χ1v) is 10.8. The number of rotatable bonds is 5. The number of sulfonamides is 1. The minimum Gasteiger partial charge on any atom is -0.408 e. The molecule has 1 amide bonds. The Kier molecular flexibility index (Phi) is 5.25. The van der Waals surface area contributed by atoms with E-state index < -0.39 is 21.7 Å². The van der Waals surface area contributed by atoms with E-state index in [4.69, 9.17) is 4.42 Å². The van der Waals surface area contributed by atoms with Crippen LogP contribution in [0.15, 0.2) is 62.6 Å². The number of fused-ring (bicyclic) bond motifs is 1. The van der Waals surface area contributed by atoms with Crippen LogP contribution in [0.3, 0.4) is 0 Å². The molecule has 9 heteroatoms. The molecule has 0 radical (unpaired) electrons. The number of carbonyl (C=O) groups excluding carboxylic acids is 1. The number of amides is 1. The number of piperidine rings is 1. The summed E-state index contributed by atoms with van der Waals surface area (Å²) < 4.78 is 32.4. The minimum absolute atomic E-state index is 0.0399. The molecule has 1 atom stereocenters. The predicted octanol–water partition coefficient (Wildman–Crippen LogP) is 1.84. The van der Waals surface area contributed by atoms with E-state index in [0.29, 0.717) is 31.4 Å². The van der Waals surface area contributed by atoms with Gasteiger partial charge in [-0.3, -0.25) is 9.78 Å². The van der Waals surface area contributed by atoms with E-state index in [2.05, 4.69) is 10.3 Å². The van der Waals surface area contributed by atoms with Crippen molar-refractivity contribution in [1.82, 2.24) is 14.6 Å². The van der Waals surface area contributed by atoms with E-state index in [1.807, 2.05) is 30.3 Å². The Morgan fingerprint density at radius 1 is 1.21 bits per heavy atom. The van der Waals surface area contributed by atoms with Gasteiger partial charge in [-0.2, -0.15) is 4.31 Å². The van der Waals surface area contributed by atoms with Crippen LogP contribution in [0.5, 0.6) is 0 Å². The zero-order chi connectivity index (χ0) is 20.4. The quantitative estimate of drug-likeness (QED) is 0.660. The van der Waals surface area contributed by atoms with Crippen LogP contribution in [0.25, 0.3) is 11.1 Å². The highest BCUT2D eigenvalue weighted by molar-refractivity contribution is 7.89. The third-order valence-electron chi connectivity index (χ3n) is 5.09. The molecule has 8 nitrogen and oxygen atoms in total. The van der Waals surface area contributed by atoms with Crippen molar-refractivity contribution >= 4 is 27.0 Å².